The minimum absolute atomic E-state index is 0.358. The first-order chi connectivity index (χ1) is 8.54. The topological polar surface area (TPSA) is 57.0 Å². The third-order valence-corrected chi connectivity index (χ3v) is 3.57. The first-order valence-corrected chi connectivity index (χ1v) is 6.55. The molecule has 6 heteroatoms. The standard InChI is InChI=1S/C12H15N3O2S/c1-5-17-12(16)9-6-18-11(13-9)10-7(2)14-15(4)8(10)3/h6H,5H2,1-4H3. The lowest BCUT2D eigenvalue weighted by Crippen LogP contribution is -2.04. The van der Waals surface area contributed by atoms with Crippen LogP contribution >= 0.6 is 11.3 Å². The summed E-state index contributed by atoms with van der Waals surface area (Å²) in [6.07, 6.45) is 0. The van der Waals surface area contributed by atoms with Crippen molar-refractivity contribution in [1.82, 2.24) is 14.8 Å². The van der Waals surface area contributed by atoms with E-state index in [1.807, 2.05) is 25.6 Å². The molecule has 0 radical (unpaired) electrons. The lowest BCUT2D eigenvalue weighted by atomic mass is 10.2. The molecule has 2 aromatic heterocycles. The Morgan fingerprint density at radius 1 is 1.50 bits per heavy atom. The Bertz CT molecular complexity index is 586. The molecule has 0 atom stereocenters. The highest BCUT2D eigenvalue weighted by Crippen LogP contribution is 2.29. The van der Waals surface area contributed by atoms with Crippen LogP contribution in [-0.4, -0.2) is 27.3 Å². The fraction of sp³-hybridized carbons (Fsp3) is 0.417. The van der Waals surface area contributed by atoms with Crippen LogP contribution in [-0.2, 0) is 11.8 Å². The van der Waals surface area contributed by atoms with Gasteiger partial charge in [0.1, 0.15) is 5.01 Å². The van der Waals surface area contributed by atoms with Crippen LogP contribution < -0.4 is 0 Å². The first kappa shape index (κ1) is 12.8. The highest BCUT2D eigenvalue weighted by atomic mass is 32.1. The quantitative estimate of drug-likeness (QED) is 0.799. The van der Waals surface area contributed by atoms with Crippen molar-refractivity contribution in [2.45, 2.75) is 20.8 Å². The molecule has 5 nitrogen and oxygen atoms in total. The van der Waals surface area contributed by atoms with Crippen molar-refractivity contribution in [2.24, 2.45) is 7.05 Å². The van der Waals surface area contributed by atoms with Crippen LogP contribution in [0.15, 0.2) is 5.38 Å². The van der Waals surface area contributed by atoms with Gasteiger partial charge in [-0.2, -0.15) is 5.10 Å². The third-order valence-electron chi connectivity index (χ3n) is 2.71. The predicted molar refractivity (Wildman–Crippen MR) is 69.7 cm³/mol. The van der Waals surface area contributed by atoms with Crippen LogP contribution in [0.3, 0.4) is 0 Å². The molecule has 0 spiro atoms. The monoisotopic (exact) mass is 265 g/mol. The Balaban J connectivity index is 2.38. The van der Waals surface area contributed by atoms with Gasteiger partial charge < -0.3 is 4.74 Å². The molecule has 2 aromatic rings. The van der Waals surface area contributed by atoms with Crippen LogP contribution in [0.1, 0.15) is 28.8 Å². The average Bonchev–Trinajstić information content (AvgIpc) is 2.86. The minimum Gasteiger partial charge on any atom is -0.461 e. The van der Waals surface area contributed by atoms with Crippen molar-refractivity contribution in [3.63, 3.8) is 0 Å². The van der Waals surface area contributed by atoms with E-state index < -0.39 is 0 Å². The Labute approximate surface area is 109 Å². The molecule has 96 valence electrons. The molecule has 0 saturated heterocycles. The molecule has 0 N–H and O–H groups in total. The molecule has 0 amide bonds. The summed E-state index contributed by atoms with van der Waals surface area (Å²) in [7, 11) is 1.89. The lowest BCUT2D eigenvalue weighted by molar-refractivity contribution is 0.0520. The Kier molecular flexibility index (Phi) is 3.47. The van der Waals surface area contributed by atoms with Crippen LogP contribution in [0.5, 0.6) is 0 Å². The molecule has 0 fully saturated rings. The summed E-state index contributed by atoms with van der Waals surface area (Å²) in [6.45, 7) is 6.06. The van der Waals surface area contributed by atoms with Gasteiger partial charge in [-0.25, -0.2) is 9.78 Å². The number of esters is 1. The molecular weight excluding hydrogens is 250 g/mol. The second-order valence-corrected chi connectivity index (χ2v) is 4.79. The van der Waals surface area contributed by atoms with Gasteiger partial charge in [-0.3, -0.25) is 4.68 Å². The number of carbonyl (C=O) groups excluding carboxylic acids is 1. The maximum absolute atomic E-state index is 11.6. The van der Waals surface area contributed by atoms with Gasteiger partial charge in [-0.15, -0.1) is 11.3 Å². The maximum atomic E-state index is 11.6. The van der Waals surface area contributed by atoms with E-state index in [2.05, 4.69) is 10.1 Å². The van der Waals surface area contributed by atoms with Gasteiger partial charge >= 0.3 is 5.97 Å². The molecule has 0 aliphatic heterocycles. The van der Waals surface area contributed by atoms with E-state index in [0.29, 0.717) is 12.3 Å². The van der Waals surface area contributed by atoms with Gasteiger partial charge in [-0.1, -0.05) is 0 Å². The molecule has 0 aliphatic rings. The number of carbonyl (C=O) groups is 1. The van der Waals surface area contributed by atoms with Crippen LogP contribution in [0, 0.1) is 13.8 Å². The number of ether oxygens (including phenoxy) is 1. The van der Waals surface area contributed by atoms with E-state index in [4.69, 9.17) is 4.74 Å². The second-order valence-electron chi connectivity index (χ2n) is 3.93. The van der Waals surface area contributed by atoms with Gasteiger partial charge in [0.25, 0.3) is 0 Å². The van der Waals surface area contributed by atoms with Crippen LogP contribution in [0.4, 0.5) is 0 Å². The number of hydrogen-bond donors (Lipinski definition) is 0. The summed E-state index contributed by atoms with van der Waals surface area (Å²) in [5.74, 6) is -0.376. The number of aromatic nitrogens is 3. The SMILES string of the molecule is CCOC(=O)c1csc(-c2c(C)nn(C)c2C)n1. The van der Waals surface area contributed by atoms with Gasteiger partial charge in [0.05, 0.1) is 17.9 Å². The van der Waals surface area contributed by atoms with Crippen molar-refractivity contribution in [3.05, 3.63) is 22.5 Å². The summed E-state index contributed by atoms with van der Waals surface area (Å²) in [4.78, 5) is 15.9. The molecule has 2 rings (SSSR count). The highest BCUT2D eigenvalue weighted by Gasteiger charge is 2.18. The summed E-state index contributed by atoms with van der Waals surface area (Å²) < 4.78 is 6.74. The van der Waals surface area contributed by atoms with E-state index in [1.54, 1.807) is 12.3 Å². The third kappa shape index (κ3) is 2.15. The fourth-order valence-corrected chi connectivity index (χ4v) is 2.71. The van der Waals surface area contributed by atoms with Crippen molar-refractivity contribution >= 4 is 17.3 Å². The zero-order valence-electron chi connectivity index (χ0n) is 10.9. The molecule has 2 heterocycles. The molecule has 18 heavy (non-hydrogen) atoms. The number of thiazole rings is 1. The highest BCUT2D eigenvalue weighted by molar-refractivity contribution is 7.13. The van der Waals surface area contributed by atoms with E-state index >= 15 is 0 Å². The van der Waals surface area contributed by atoms with E-state index in [-0.39, 0.29) is 5.97 Å². The predicted octanol–water partition coefficient (Wildman–Crippen LogP) is 2.34. The van der Waals surface area contributed by atoms with Crippen molar-refractivity contribution in [3.8, 4) is 10.6 Å². The summed E-state index contributed by atoms with van der Waals surface area (Å²) in [5.41, 5.74) is 3.31. The maximum Gasteiger partial charge on any atom is 0.357 e. The lowest BCUT2D eigenvalue weighted by Gasteiger charge is -1.98. The number of nitrogens with zero attached hydrogens (tertiary/aromatic N) is 3. The van der Waals surface area contributed by atoms with E-state index in [0.717, 1.165) is 22.0 Å². The molecule has 0 aromatic carbocycles. The number of aryl methyl sites for hydroxylation is 2. The molecule has 0 saturated carbocycles. The Hall–Kier alpha value is -1.69. The van der Waals surface area contributed by atoms with Crippen molar-refractivity contribution < 1.29 is 9.53 Å². The normalized spacial score (nSPS) is 10.7. The molecular formula is C12H15N3O2S. The molecule has 0 aliphatic carbocycles. The zero-order chi connectivity index (χ0) is 13.3. The average molecular weight is 265 g/mol. The summed E-state index contributed by atoms with van der Waals surface area (Å²) in [6, 6.07) is 0. The molecule has 0 unspecified atom stereocenters. The summed E-state index contributed by atoms with van der Waals surface area (Å²) >= 11 is 1.43. The Morgan fingerprint density at radius 2 is 2.22 bits per heavy atom. The van der Waals surface area contributed by atoms with E-state index in [1.165, 1.54) is 11.3 Å². The zero-order valence-corrected chi connectivity index (χ0v) is 11.7. The van der Waals surface area contributed by atoms with Gasteiger partial charge in [0.2, 0.25) is 0 Å². The summed E-state index contributed by atoms with van der Waals surface area (Å²) in [5, 5.41) is 6.87. The van der Waals surface area contributed by atoms with Gasteiger partial charge in [0, 0.05) is 18.1 Å². The number of hydrogen-bond acceptors (Lipinski definition) is 5. The van der Waals surface area contributed by atoms with Crippen molar-refractivity contribution in [2.75, 3.05) is 6.61 Å². The van der Waals surface area contributed by atoms with Gasteiger partial charge in [-0.05, 0) is 20.8 Å². The van der Waals surface area contributed by atoms with E-state index in [9.17, 15) is 4.79 Å². The van der Waals surface area contributed by atoms with Crippen LogP contribution in [0.2, 0.25) is 0 Å². The minimum atomic E-state index is -0.376. The molecule has 0 bridgehead atoms. The second kappa shape index (κ2) is 4.89. The smallest absolute Gasteiger partial charge is 0.357 e. The van der Waals surface area contributed by atoms with Crippen molar-refractivity contribution in [1.29, 1.82) is 0 Å². The number of rotatable bonds is 3. The van der Waals surface area contributed by atoms with Crippen LogP contribution in [0.25, 0.3) is 10.6 Å². The largest absolute Gasteiger partial charge is 0.461 e. The van der Waals surface area contributed by atoms with Gasteiger partial charge in [0.15, 0.2) is 5.69 Å². The Morgan fingerprint density at radius 3 is 2.78 bits per heavy atom. The fourth-order valence-electron chi connectivity index (χ4n) is 1.77. The first-order valence-electron chi connectivity index (χ1n) is 5.67.